The summed E-state index contributed by atoms with van der Waals surface area (Å²) < 4.78 is 1.08. The average molecular weight is 298 g/mol. The highest BCUT2D eigenvalue weighted by Gasteiger charge is 2.56. The molecule has 0 unspecified atom stereocenters. The van der Waals surface area contributed by atoms with Crippen molar-refractivity contribution in [1.29, 1.82) is 5.26 Å². The predicted molar refractivity (Wildman–Crippen MR) is 75.2 cm³/mol. The number of nitriles is 1. The van der Waals surface area contributed by atoms with Gasteiger partial charge in [0.1, 0.15) is 0 Å². The number of rotatable bonds is 2. The van der Waals surface area contributed by atoms with Crippen LogP contribution in [-0.2, 0) is 5.41 Å². The maximum atomic E-state index is 9.55. The van der Waals surface area contributed by atoms with Crippen LogP contribution in [0.25, 0.3) is 0 Å². The fourth-order valence-corrected chi connectivity index (χ4v) is 3.05. The first-order chi connectivity index (χ1) is 8.76. The molecule has 0 amide bonds. The summed E-state index contributed by atoms with van der Waals surface area (Å²) >= 11 is 3.49. The molecule has 0 saturated heterocycles. The highest BCUT2D eigenvalue weighted by atomic mass is 79.9. The molecule has 0 heterocycles. The topological polar surface area (TPSA) is 23.8 Å². The summed E-state index contributed by atoms with van der Waals surface area (Å²) in [5.74, 6) is 0.322. The Morgan fingerprint density at radius 3 is 2.56 bits per heavy atom. The van der Waals surface area contributed by atoms with Gasteiger partial charge >= 0.3 is 0 Å². The molecule has 2 atom stereocenters. The zero-order chi connectivity index (χ0) is 12.6. The lowest BCUT2D eigenvalue weighted by Crippen LogP contribution is -2.06. The molecule has 0 bridgehead atoms. The van der Waals surface area contributed by atoms with E-state index in [1.165, 1.54) is 5.56 Å². The maximum Gasteiger partial charge on any atom is 0.0897 e. The Hall–Kier alpha value is -1.59. The summed E-state index contributed by atoms with van der Waals surface area (Å²) in [5, 5.41) is 9.55. The van der Waals surface area contributed by atoms with Crippen molar-refractivity contribution in [3.8, 4) is 6.07 Å². The third kappa shape index (κ3) is 1.76. The molecule has 0 spiro atoms. The van der Waals surface area contributed by atoms with Crippen LogP contribution < -0.4 is 0 Å². The molecule has 2 aromatic carbocycles. The van der Waals surface area contributed by atoms with Gasteiger partial charge in [0.25, 0.3) is 0 Å². The number of hydrogen-bond donors (Lipinski definition) is 0. The van der Waals surface area contributed by atoms with E-state index in [1.807, 2.05) is 30.3 Å². The van der Waals surface area contributed by atoms with Crippen LogP contribution in [0.2, 0.25) is 0 Å². The molecule has 1 nitrogen and oxygen atoms in total. The van der Waals surface area contributed by atoms with Gasteiger partial charge in [-0.05, 0) is 29.7 Å². The second-order valence-electron chi connectivity index (χ2n) is 4.76. The first kappa shape index (κ1) is 11.5. The second-order valence-corrected chi connectivity index (χ2v) is 5.68. The fraction of sp³-hybridized carbons (Fsp3) is 0.188. The van der Waals surface area contributed by atoms with Gasteiger partial charge in [-0.1, -0.05) is 58.4 Å². The lowest BCUT2D eigenvalue weighted by molar-refractivity contribution is 0.856. The molecular weight excluding hydrogens is 286 g/mol. The van der Waals surface area contributed by atoms with E-state index in [4.69, 9.17) is 0 Å². The molecule has 1 aliphatic rings. The first-order valence-electron chi connectivity index (χ1n) is 5.98. The minimum absolute atomic E-state index is 0.317. The zero-order valence-corrected chi connectivity index (χ0v) is 11.4. The summed E-state index contributed by atoms with van der Waals surface area (Å²) in [6.07, 6.45) is 0.921. The summed E-state index contributed by atoms with van der Waals surface area (Å²) in [6.45, 7) is 0. The Balaban J connectivity index is 1.98. The van der Waals surface area contributed by atoms with Crippen molar-refractivity contribution in [3.63, 3.8) is 0 Å². The van der Waals surface area contributed by atoms with Gasteiger partial charge in [-0.2, -0.15) is 5.26 Å². The SMILES string of the molecule is N#C[C@@]1(c2ccccc2)C[C@@H]1c1cccc(Br)c1. The highest BCUT2D eigenvalue weighted by molar-refractivity contribution is 9.10. The van der Waals surface area contributed by atoms with Gasteiger partial charge in [-0.15, -0.1) is 0 Å². The average Bonchev–Trinajstić information content (AvgIpc) is 3.16. The number of benzene rings is 2. The number of nitrogens with zero attached hydrogens (tertiary/aromatic N) is 1. The van der Waals surface area contributed by atoms with E-state index in [2.05, 4.69) is 46.3 Å². The standard InChI is InChI=1S/C16H12BrN/c17-14-8-4-5-12(9-14)15-10-16(15,11-18)13-6-2-1-3-7-13/h1-9,15H,10H2/t15-,16-/m1/s1. The summed E-state index contributed by atoms with van der Waals surface area (Å²) in [7, 11) is 0. The van der Waals surface area contributed by atoms with E-state index in [0.717, 1.165) is 16.5 Å². The largest absolute Gasteiger partial charge is 0.197 e. The molecule has 88 valence electrons. The number of hydrogen-bond acceptors (Lipinski definition) is 1. The van der Waals surface area contributed by atoms with Crippen molar-refractivity contribution < 1.29 is 0 Å². The summed E-state index contributed by atoms with van der Waals surface area (Å²) in [5.41, 5.74) is 2.06. The monoisotopic (exact) mass is 297 g/mol. The molecule has 0 aliphatic heterocycles. The van der Waals surface area contributed by atoms with E-state index in [0.29, 0.717) is 5.92 Å². The van der Waals surface area contributed by atoms with Gasteiger partial charge in [-0.25, -0.2) is 0 Å². The van der Waals surface area contributed by atoms with Gasteiger partial charge in [0, 0.05) is 10.4 Å². The minimum Gasteiger partial charge on any atom is -0.197 e. The minimum atomic E-state index is -0.317. The van der Waals surface area contributed by atoms with Crippen molar-refractivity contribution >= 4 is 15.9 Å². The quantitative estimate of drug-likeness (QED) is 0.806. The van der Waals surface area contributed by atoms with Crippen molar-refractivity contribution in [2.45, 2.75) is 17.8 Å². The van der Waals surface area contributed by atoms with Gasteiger partial charge in [-0.3, -0.25) is 0 Å². The molecule has 0 aromatic heterocycles. The Morgan fingerprint density at radius 1 is 1.11 bits per heavy atom. The maximum absolute atomic E-state index is 9.55. The summed E-state index contributed by atoms with van der Waals surface area (Å²) in [6, 6.07) is 20.9. The van der Waals surface area contributed by atoms with E-state index in [-0.39, 0.29) is 5.41 Å². The molecule has 1 saturated carbocycles. The summed E-state index contributed by atoms with van der Waals surface area (Å²) in [4.78, 5) is 0. The van der Waals surface area contributed by atoms with E-state index < -0.39 is 0 Å². The van der Waals surface area contributed by atoms with Crippen LogP contribution in [0.5, 0.6) is 0 Å². The van der Waals surface area contributed by atoms with Crippen LogP contribution >= 0.6 is 15.9 Å². The third-order valence-corrected chi connectivity index (χ3v) is 4.19. The zero-order valence-electron chi connectivity index (χ0n) is 9.81. The molecule has 2 aromatic rings. The molecule has 0 radical (unpaired) electrons. The van der Waals surface area contributed by atoms with Crippen molar-refractivity contribution in [2.24, 2.45) is 0 Å². The van der Waals surface area contributed by atoms with Crippen LogP contribution in [0, 0.1) is 11.3 Å². The van der Waals surface area contributed by atoms with Gasteiger partial charge in [0.15, 0.2) is 0 Å². The van der Waals surface area contributed by atoms with Gasteiger partial charge in [0.05, 0.1) is 11.5 Å². The first-order valence-corrected chi connectivity index (χ1v) is 6.78. The lowest BCUT2D eigenvalue weighted by Gasteiger charge is -2.09. The molecule has 0 N–H and O–H groups in total. The lowest BCUT2D eigenvalue weighted by atomic mass is 9.92. The van der Waals surface area contributed by atoms with Crippen LogP contribution in [0.3, 0.4) is 0 Å². The molecular formula is C16H12BrN. The fourth-order valence-electron chi connectivity index (χ4n) is 2.63. The van der Waals surface area contributed by atoms with Gasteiger partial charge in [0.2, 0.25) is 0 Å². The molecule has 3 rings (SSSR count). The van der Waals surface area contributed by atoms with Crippen LogP contribution in [-0.4, -0.2) is 0 Å². The smallest absolute Gasteiger partial charge is 0.0897 e. The van der Waals surface area contributed by atoms with E-state index in [1.54, 1.807) is 0 Å². The van der Waals surface area contributed by atoms with E-state index in [9.17, 15) is 5.26 Å². The molecule has 2 heteroatoms. The van der Waals surface area contributed by atoms with Crippen LogP contribution in [0.15, 0.2) is 59.1 Å². The Morgan fingerprint density at radius 2 is 1.89 bits per heavy atom. The predicted octanol–water partition coefficient (Wildman–Crippen LogP) is 4.40. The second kappa shape index (κ2) is 4.26. The Labute approximate surface area is 115 Å². The van der Waals surface area contributed by atoms with Crippen LogP contribution in [0.1, 0.15) is 23.5 Å². The normalized spacial score (nSPS) is 25.4. The molecule has 18 heavy (non-hydrogen) atoms. The molecule has 1 aliphatic carbocycles. The van der Waals surface area contributed by atoms with Crippen LogP contribution in [0.4, 0.5) is 0 Å². The van der Waals surface area contributed by atoms with Crippen molar-refractivity contribution in [3.05, 3.63) is 70.2 Å². The third-order valence-electron chi connectivity index (χ3n) is 3.70. The number of halogens is 1. The highest BCUT2D eigenvalue weighted by Crippen LogP contribution is 2.60. The molecule has 1 fully saturated rings. The Bertz CT molecular complexity index is 614. The van der Waals surface area contributed by atoms with Crippen molar-refractivity contribution in [1.82, 2.24) is 0 Å². The van der Waals surface area contributed by atoms with Crippen molar-refractivity contribution in [2.75, 3.05) is 0 Å². The van der Waals surface area contributed by atoms with Gasteiger partial charge < -0.3 is 0 Å². The Kier molecular flexibility index (Phi) is 2.72. The van der Waals surface area contributed by atoms with E-state index >= 15 is 0 Å².